The molecule has 0 fully saturated rings. The minimum Gasteiger partial charge on any atom is -0.345 e. The molecule has 2 N–H and O–H groups in total. The number of carbonyl (C=O) groups is 1. The molecule has 4 heterocycles. The normalized spacial score (nSPS) is 10.8. The van der Waals surface area contributed by atoms with E-state index in [-0.39, 0.29) is 12.3 Å². The van der Waals surface area contributed by atoms with Crippen LogP contribution in [0.15, 0.2) is 54.3 Å². The average molecular weight is 335 g/mol. The predicted molar refractivity (Wildman–Crippen MR) is 93.8 cm³/mol. The van der Waals surface area contributed by atoms with E-state index in [1.54, 1.807) is 12.4 Å². The van der Waals surface area contributed by atoms with Crippen LogP contribution in [0.4, 0.5) is 5.13 Å². The fraction of sp³-hybridized carbons (Fsp3) is 0.0588. The zero-order valence-electron chi connectivity index (χ0n) is 12.6. The van der Waals surface area contributed by atoms with Crippen LogP contribution in [-0.2, 0) is 11.2 Å². The highest BCUT2D eigenvalue weighted by atomic mass is 32.1. The van der Waals surface area contributed by atoms with Gasteiger partial charge in [-0.25, -0.2) is 9.97 Å². The molecule has 0 aliphatic heterocycles. The molecule has 0 saturated heterocycles. The molecule has 6 nitrogen and oxygen atoms in total. The van der Waals surface area contributed by atoms with Crippen molar-refractivity contribution in [2.75, 3.05) is 5.32 Å². The third-order valence-corrected chi connectivity index (χ3v) is 4.30. The maximum atomic E-state index is 12.1. The number of hydrogen-bond acceptors (Lipinski definition) is 5. The van der Waals surface area contributed by atoms with Gasteiger partial charge in [0.05, 0.1) is 12.1 Å². The number of nitrogens with one attached hydrogen (secondary N) is 2. The second-order valence-electron chi connectivity index (χ2n) is 5.19. The Morgan fingerprint density at radius 3 is 2.96 bits per heavy atom. The Kier molecular flexibility index (Phi) is 3.76. The average Bonchev–Trinajstić information content (AvgIpc) is 3.22. The monoisotopic (exact) mass is 335 g/mol. The molecule has 0 bridgehead atoms. The highest BCUT2D eigenvalue weighted by Crippen LogP contribution is 2.30. The highest BCUT2D eigenvalue weighted by molar-refractivity contribution is 7.14. The molecule has 0 aliphatic carbocycles. The number of H-pyrrole nitrogens is 1. The number of carbonyl (C=O) groups excluding carboxylic acids is 1. The number of fused-ring (bicyclic) bond motifs is 1. The molecule has 0 spiro atoms. The molecular formula is C17H13N5OS. The van der Waals surface area contributed by atoms with Crippen molar-refractivity contribution in [3.63, 3.8) is 0 Å². The Balaban J connectivity index is 1.52. The molecule has 0 aromatic carbocycles. The van der Waals surface area contributed by atoms with E-state index >= 15 is 0 Å². The molecule has 0 radical (unpaired) electrons. The first kappa shape index (κ1) is 14.5. The quantitative estimate of drug-likeness (QED) is 0.599. The molecular weight excluding hydrogens is 322 g/mol. The van der Waals surface area contributed by atoms with Crippen molar-refractivity contribution in [2.45, 2.75) is 6.42 Å². The first-order valence-electron chi connectivity index (χ1n) is 7.37. The molecule has 0 aliphatic rings. The van der Waals surface area contributed by atoms with Gasteiger partial charge in [-0.15, -0.1) is 11.3 Å². The molecule has 0 atom stereocenters. The Hall–Kier alpha value is -3.06. The summed E-state index contributed by atoms with van der Waals surface area (Å²) in [6, 6.07) is 9.40. The summed E-state index contributed by atoms with van der Waals surface area (Å²) in [6.45, 7) is 0. The van der Waals surface area contributed by atoms with Gasteiger partial charge in [0.15, 0.2) is 5.13 Å². The number of aromatic amines is 1. The summed E-state index contributed by atoms with van der Waals surface area (Å²) >= 11 is 1.40. The van der Waals surface area contributed by atoms with E-state index < -0.39 is 0 Å². The number of hydrogen-bond donors (Lipinski definition) is 2. The maximum absolute atomic E-state index is 12.1. The summed E-state index contributed by atoms with van der Waals surface area (Å²) in [7, 11) is 0. The maximum Gasteiger partial charge on any atom is 0.232 e. The molecule has 0 saturated carbocycles. The van der Waals surface area contributed by atoms with Crippen molar-refractivity contribution < 1.29 is 4.79 Å². The van der Waals surface area contributed by atoms with Crippen molar-refractivity contribution in [2.24, 2.45) is 0 Å². The third kappa shape index (κ3) is 2.89. The van der Waals surface area contributed by atoms with E-state index in [9.17, 15) is 4.79 Å². The Morgan fingerprint density at radius 1 is 1.17 bits per heavy atom. The van der Waals surface area contributed by atoms with Crippen LogP contribution in [0.25, 0.3) is 22.3 Å². The second kappa shape index (κ2) is 6.21. The lowest BCUT2D eigenvalue weighted by Crippen LogP contribution is -2.14. The van der Waals surface area contributed by atoms with E-state index in [1.165, 1.54) is 11.3 Å². The van der Waals surface area contributed by atoms with Crippen LogP contribution in [0, 0.1) is 0 Å². The number of aromatic nitrogens is 4. The van der Waals surface area contributed by atoms with E-state index in [4.69, 9.17) is 0 Å². The standard InChI is InChI=1S/C17H13N5OS/c23-15(8-11-4-1-2-6-18-11)22-17-21-14(10-24-17)13-9-20-16-12(13)5-3-7-19-16/h1-7,9-10H,8H2,(H,19,20)(H,21,22,23). The number of pyridine rings is 2. The van der Waals surface area contributed by atoms with E-state index in [0.29, 0.717) is 5.13 Å². The van der Waals surface area contributed by atoms with Gasteiger partial charge in [0.1, 0.15) is 5.65 Å². The van der Waals surface area contributed by atoms with Gasteiger partial charge in [-0.2, -0.15) is 0 Å². The van der Waals surface area contributed by atoms with Crippen molar-refractivity contribution in [3.8, 4) is 11.3 Å². The van der Waals surface area contributed by atoms with Crippen LogP contribution in [-0.4, -0.2) is 25.8 Å². The van der Waals surface area contributed by atoms with Crippen LogP contribution >= 0.6 is 11.3 Å². The van der Waals surface area contributed by atoms with Crippen LogP contribution in [0.1, 0.15) is 5.69 Å². The van der Waals surface area contributed by atoms with Crippen LogP contribution < -0.4 is 5.32 Å². The zero-order valence-corrected chi connectivity index (χ0v) is 13.4. The van der Waals surface area contributed by atoms with Crippen molar-refractivity contribution in [1.82, 2.24) is 19.9 Å². The van der Waals surface area contributed by atoms with Crippen molar-refractivity contribution in [3.05, 3.63) is 60.0 Å². The summed E-state index contributed by atoms with van der Waals surface area (Å²) in [5.74, 6) is -0.129. The second-order valence-corrected chi connectivity index (χ2v) is 6.04. The van der Waals surface area contributed by atoms with Crippen LogP contribution in [0.2, 0.25) is 0 Å². The Morgan fingerprint density at radius 2 is 2.08 bits per heavy atom. The Labute approximate surface area is 141 Å². The van der Waals surface area contributed by atoms with Gasteiger partial charge < -0.3 is 10.3 Å². The summed E-state index contributed by atoms with van der Waals surface area (Å²) in [5, 5.41) is 6.33. The third-order valence-electron chi connectivity index (χ3n) is 3.55. The molecule has 1 amide bonds. The minimum absolute atomic E-state index is 0.129. The molecule has 4 rings (SSSR count). The van der Waals surface area contributed by atoms with Gasteiger partial charge in [-0.3, -0.25) is 9.78 Å². The molecule has 4 aromatic heterocycles. The fourth-order valence-electron chi connectivity index (χ4n) is 2.45. The number of anilines is 1. The van der Waals surface area contributed by atoms with E-state index in [2.05, 4.69) is 25.3 Å². The zero-order chi connectivity index (χ0) is 16.4. The van der Waals surface area contributed by atoms with Crippen LogP contribution in [0.5, 0.6) is 0 Å². The smallest absolute Gasteiger partial charge is 0.232 e. The van der Waals surface area contributed by atoms with Gasteiger partial charge in [-0.1, -0.05) is 6.07 Å². The largest absolute Gasteiger partial charge is 0.345 e. The lowest BCUT2D eigenvalue weighted by molar-refractivity contribution is -0.115. The molecule has 4 aromatic rings. The van der Waals surface area contributed by atoms with Crippen molar-refractivity contribution >= 4 is 33.4 Å². The summed E-state index contributed by atoms with van der Waals surface area (Å²) in [5.41, 5.74) is 3.34. The number of amides is 1. The number of rotatable bonds is 4. The summed E-state index contributed by atoms with van der Waals surface area (Å²) in [4.78, 5) is 28.1. The Bertz CT molecular complexity index is 992. The first-order chi connectivity index (χ1) is 11.8. The SMILES string of the molecule is O=C(Cc1ccccn1)Nc1nc(-c2c[nH]c3ncccc23)cs1. The lowest BCUT2D eigenvalue weighted by atomic mass is 10.2. The molecule has 118 valence electrons. The van der Waals surface area contributed by atoms with Crippen molar-refractivity contribution in [1.29, 1.82) is 0 Å². The topological polar surface area (TPSA) is 83.6 Å². The van der Waals surface area contributed by atoms with E-state index in [1.807, 2.05) is 41.9 Å². The minimum atomic E-state index is -0.129. The molecule has 24 heavy (non-hydrogen) atoms. The van der Waals surface area contributed by atoms with Gasteiger partial charge >= 0.3 is 0 Å². The van der Waals surface area contributed by atoms with E-state index in [0.717, 1.165) is 28.0 Å². The van der Waals surface area contributed by atoms with Gasteiger partial charge in [0, 0.05) is 40.6 Å². The van der Waals surface area contributed by atoms with Gasteiger partial charge in [0.25, 0.3) is 0 Å². The molecule has 7 heteroatoms. The fourth-order valence-corrected chi connectivity index (χ4v) is 3.18. The summed E-state index contributed by atoms with van der Waals surface area (Å²) in [6.07, 6.45) is 5.53. The van der Waals surface area contributed by atoms with Crippen LogP contribution in [0.3, 0.4) is 0 Å². The number of thiazole rings is 1. The van der Waals surface area contributed by atoms with Gasteiger partial charge in [0.2, 0.25) is 5.91 Å². The predicted octanol–water partition coefficient (Wildman–Crippen LogP) is 3.26. The summed E-state index contributed by atoms with van der Waals surface area (Å²) < 4.78 is 0. The highest BCUT2D eigenvalue weighted by Gasteiger charge is 2.12. The van der Waals surface area contributed by atoms with Gasteiger partial charge in [-0.05, 0) is 24.3 Å². The first-order valence-corrected chi connectivity index (χ1v) is 8.25. The lowest BCUT2D eigenvalue weighted by Gasteiger charge is -2.00. The molecule has 0 unspecified atom stereocenters. The number of nitrogens with zero attached hydrogens (tertiary/aromatic N) is 3.